The Balaban J connectivity index is 1.86. The van der Waals surface area contributed by atoms with E-state index in [1.54, 1.807) is 12.1 Å². The van der Waals surface area contributed by atoms with Crippen LogP contribution >= 0.6 is 23.2 Å². The van der Waals surface area contributed by atoms with E-state index >= 15 is 0 Å². The van der Waals surface area contributed by atoms with Crippen LogP contribution in [0.2, 0.25) is 10.0 Å². The average Bonchev–Trinajstić information content (AvgIpc) is 2.65. The zero-order valence-corrected chi connectivity index (χ0v) is 17.2. The van der Waals surface area contributed by atoms with Gasteiger partial charge in [0.15, 0.2) is 0 Å². The third-order valence-corrected chi connectivity index (χ3v) is 6.04. The zero-order chi connectivity index (χ0) is 20.3. The van der Waals surface area contributed by atoms with E-state index in [-0.39, 0.29) is 22.2 Å². The Bertz CT molecular complexity index is 1080. The first-order chi connectivity index (χ1) is 13.3. The van der Waals surface area contributed by atoms with Gasteiger partial charge in [0.2, 0.25) is 10.0 Å². The van der Waals surface area contributed by atoms with Gasteiger partial charge in [-0.3, -0.25) is 0 Å². The number of para-hydroxylation sites is 1. The minimum absolute atomic E-state index is 0.0149. The van der Waals surface area contributed by atoms with Gasteiger partial charge in [0.25, 0.3) is 0 Å². The largest absolute Gasteiger partial charge is 0.352 e. The van der Waals surface area contributed by atoms with Gasteiger partial charge in [0, 0.05) is 17.3 Å². The predicted octanol–water partition coefficient (Wildman–Crippen LogP) is 5.66. The molecule has 0 atom stereocenters. The second-order valence-electron chi connectivity index (χ2n) is 6.16. The highest BCUT2D eigenvalue weighted by Gasteiger charge is 2.16. The number of sulfonamides is 1. The van der Waals surface area contributed by atoms with Crippen LogP contribution in [0.15, 0.2) is 65.6 Å². The number of benzene rings is 3. The predicted molar refractivity (Wildman–Crippen MR) is 111 cm³/mol. The van der Waals surface area contributed by atoms with Crippen LogP contribution in [-0.4, -0.2) is 8.42 Å². The third kappa shape index (κ3) is 4.83. The summed E-state index contributed by atoms with van der Waals surface area (Å²) < 4.78 is 41.7. The Labute approximate surface area is 173 Å². The Hall–Kier alpha value is -2.12. The molecule has 0 aliphatic heterocycles. The summed E-state index contributed by atoms with van der Waals surface area (Å²) in [6.07, 6.45) is 0. The summed E-state index contributed by atoms with van der Waals surface area (Å²) in [5, 5.41) is 3.64. The molecule has 3 aromatic rings. The van der Waals surface area contributed by atoms with Crippen molar-refractivity contribution in [2.45, 2.75) is 18.4 Å². The first kappa shape index (κ1) is 20.6. The molecular formula is C20H17Cl2FN2O2S. The van der Waals surface area contributed by atoms with Crippen molar-refractivity contribution < 1.29 is 12.8 Å². The molecule has 0 unspecified atom stereocenters. The van der Waals surface area contributed by atoms with Crippen molar-refractivity contribution in [1.82, 2.24) is 4.72 Å². The molecule has 0 aromatic heterocycles. The van der Waals surface area contributed by atoms with Gasteiger partial charge in [-0.2, -0.15) is 0 Å². The van der Waals surface area contributed by atoms with Gasteiger partial charge >= 0.3 is 0 Å². The monoisotopic (exact) mass is 438 g/mol. The fourth-order valence-electron chi connectivity index (χ4n) is 2.61. The summed E-state index contributed by atoms with van der Waals surface area (Å²) in [5.41, 5.74) is 2.27. The number of hydrogen-bond acceptors (Lipinski definition) is 3. The molecule has 3 rings (SSSR count). The van der Waals surface area contributed by atoms with Crippen LogP contribution in [0.1, 0.15) is 11.1 Å². The summed E-state index contributed by atoms with van der Waals surface area (Å²) in [6.45, 7) is 1.90. The molecule has 0 bridgehead atoms. The normalized spacial score (nSPS) is 11.4. The van der Waals surface area contributed by atoms with Gasteiger partial charge in [0.1, 0.15) is 5.82 Å². The molecule has 0 saturated carbocycles. The number of nitrogens with one attached hydrogen (secondary N) is 2. The summed E-state index contributed by atoms with van der Waals surface area (Å²) in [5.74, 6) is -0.499. The standard InChI is InChI=1S/C20H17Cl2FN2O2S/c1-13-5-10-19(25-20-17(22)3-2-4-18(20)23)14(11-13)12-24-28(26,27)16-8-6-15(21)7-9-16/h2-11,24-25H,12H2,1H3. The van der Waals surface area contributed by atoms with Crippen LogP contribution in [0, 0.1) is 12.7 Å². The summed E-state index contributed by atoms with van der Waals surface area (Å²) in [6, 6.07) is 15.7. The molecule has 3 aromatic carbocycles. The molecule has 2 N–H and O–H groups in total. The van der Waals surface area contributed by atoms with E-state index in [0.717, 1.165) is 5.56 Å². The highest BCUT2D eigenvalue weighted by molar-refractivity contribution is 7.89. The SMILES string of the molecule is Cc1ccc(Nc2c(F)cccc2Cl)c(CNS(=O)(=O)c2ccc(Cl)cc2)c1. The van der Waals surface area contributed by atoms with E-state index in [1.165, 1.54) is 36.4 Å². The van der Waals surface area contributed by atoms with Crippen molar-refractivity contribution in [1.29, 1.82) is 0 Å². The first-order valence-corrected chi connectivity index (χ1v) is 10.6. The van der Waals surface area contributed by atoms with Gasteiger partial charge in [-0.1, -0.05) is 47.0 Å². The molecule has 8 heteroatoms. The number of hydrogen-bond donors (Lipinski definition) is 2. The lowest BCUT2D eigenvalue weighted by molar-refractivity contribution is 0.581. The highest BCUT2D eigenvalue weighted by Crippen LogP contribution is 2.30. The lowest BCUT2D eigenvalue weighted by Crippen LogP contribution is -2.23. The molecule has 4 nitrogen and oxygen atoms in total. The van der Waals surface area contributed by atoms with Crippen LogP contribution in [0.5, 0.6) is 0 Å². The van der Waals surface area contributed by atoms with Crippen LogP contribution in [0.4, 0.5) is 15.8 Å². The van der Waals surface area contributed by atoms with E-state index in [9.17, 15) is 12.8 Å². The fourth-order valence-corrected chi connectivity index (χ4v) is 3.96. The molecule has 0 radical (unpaired) electrons. The second-order valence-corrected chi connectivity index (χ2v) is 8.77. The van der Waals surface area contributed by atoms with E-state index in [4.69, 9.17) is 23.2 Å². The quantitative estimate of drug-likeness (QED) is 0.521. The first-order valence-electron chi connectivity index (χ1n) is 8.32. The van der Waals surface area contributed by atoms with Gasteiger partial charge in [0.05, 0.1) is 15.6 Å². The van der Waals surface area contributed by atoms with E-state index in [1.807, 2.05) is 19.1 Å². The minimum atomic E-state index is -3.73. The topological polar surface area (TPSA) is 58.2 Å². The van der Waals surface area contributed by atoms with Crippen LogP contribution in [0.3, 0.4) is 0 Å². The zero-order valence-electron chi connectivity index (χ0n) is 14.8. The molecule has 0 fully saturated rings. The number of aryl methyl sites for hydroxylation is 1. The second kappa shape index (κ2) is 8.49. The van der Waals surface area contributed by atoms with Crippen molar-refractivity contribution >= 4 is 44.6 Å². The Morgan fingerprint density at radius 1 is 1.00 bits per heavy atom. The van der Waals surface area contributed by atoms with Crippen molar-refractivity contribution in [2.75, 3.05) is 5.32 Å². The smallest absolute Gasteiger partial charge is 0.240 e. The fraction of sp³-hybridized carbons (Fsp3) is 0.100. The Kier molecular flexibility index (Phi) is 6.25. The number of halogens is 3. The average molecular weight is 439 g/mol. The molecule has 0 spiro atoms. The molecule has 0 aliphatic carbocycles. The molecule has 28 heavy (non-hydrogen) atoms. The molecule has 0 aliphatic rings. The molecule has 0 heterocycles. The van der Waals surface area contributed by atoms with Crippen LogP contribution < -0.4 is 10.0 Å². The van der Waals surface area contributed by atoms with Crippen molar-refractivity contribution in [3.63, 3.8) is 0 Å². The highest BCUT2D eigenvalue weighted by atomic mass is 35.5. The Morgan fingerprint density at radius 2 is 1.71 bits per heavy atom. The Morgan fingerprint density at radius 3 is 2.39 bits per heavy atom. The van der Waals surface area contributed by atoms with E-state index < -0.39 is 15.8 Å². The maximum Gasteiger partial charge on any atom is 0.240 e. The maximum atomic E-state index is 14.1. The minimum Gasteiger partial charge on any atom is -0.352 e. The van der Waals surface area contributed by atoms with Gasteiger partial charge < -0.3 is 5.32 Å². The molecular weight excluding hydrogens is 422 g/mol. The van der Waals surface area contributed by atoms with Gasteiger partial charge in [-0.05, 0) is 55.0 Å². The lowest BCUT2D eigenvalue weighted by Gasteiger charge is -2.15. The van der Waals surface area contributed by atoms with Crippen LogP contribution in [0.25, 0.3) is 0 Å². The van der Waals surface area contributed by atoms with Gasteiger partial charge in [-0.25, -0.2) is 17.5 Å². The van der Waals surface area contributed by atoms with Crippen molar-refractivity contribution in [2.24, 2.45) is 0 Å². The number of rotatable bonds is 6. The lowest BCUT2D eigenvalue weighted by atomic mass is 10.1. The van der Waals surface area contributed by atoms with Crippen molar-refractivity contribution in [3.05, 3.63) is 87.7 Å². The molecule has 0 saturated heterocycles. The van der Waals surface area contributed by atoms with Crippen molar-refractivity contribution in [3.8, 4) is 0 Å². The summed E-state index contributed by atoms with van der Waals surface area (Å²) >= 11 is 11.9. The molecule has 146 valence electrons. The van der Waals surface area contributed by atoms with Gasteiger partial charge in [-0.15, -0.1) is 0 Å². The van der Waals surface area contributed by atoms with E-state index in [2.05, 4.69) is 10.0 Å². The van der Waals surface area contributed by atoms with E-state index in [0.29, 0.717) is 16.3 Å². The summed E-state index contributed by atoms with van der Waals surface area (Å²) in [7, 11) is -3.73. The maximum absolute atomic E-state index is 14.1. The number of anilines is 2. The van der Waals surface area contributed by atoms with Crippen LogP contribution in [-0.2, 0) is 16.6 Å². The summed E-state index contributed by atoms with van der Waals surface area (Å²) in [4.78, 5) is 0.108. The molecule has 0 amide bonds. The third-order valence-electron chi connectivity index (χ3n) is 4.06.